The first-order valence-corrected chi connectivity index (χ1v) is 6.62. The number of rotatable bonds is 8. The van der Waals surface area contributed by atoms with Crippen molar-refractivity contribution in [1.82, 2.24) is 0 Å². The Morgan fingerprint density at radius 1 is 1.05 bits per heavy atom. The molecule has 3 heteroatoms. The standard InChI is InChI=1S/C17H24O3/c1-7-13-12-16(14(8-2)11-15(13)19-6)20-17(3,4)9-10-18-5/h7-8,11-12H,1-2,9-10H2,3-6H3. The molecule has 1 rings (SSSR count). The minimum Gasteiger partial charge on any atom is -0.496 e. The molecule has 0 aliphatic rings. The molecule has 0 aromatic heterocycles. The van der Waals surface area contributed by atoms with Gasteiger partial charge in [-0.25, -0.2) is 0 Å². The van der Waals surface area contributed by atoms with Gasteiger partial charge in [0.1, 0.15) is 17.1 Å². The molecule has 3 nitrogen and oxygen atoms in total. The van der Waals surface area contributed by atoms with E-state index in [-0.39, 0.29) is 5.60 Å². The van der Waals surface area contributed by atoms with E-state index in [4.69, 9.17) is 14.2 Å². The topological polar surface area (TPSA) is 27.7 Å². The van der Waals surface area contributed by atoms with Crippen LogP contribution >= 0.6 is 0 Å². The molecular weight excluding hydrogens is 252 g/mol. The third-order valence-corrected chi connectivity index (χ3v) is 3.10. The Morgan fingerprint density at radius 3 is 2.10 bits per heavy atom. The highest BCUT2D eigenvalue weighted by atomic mass is 16.5. The summed E-state index contributed by atoms with van der Waals surface area (Å²) in [5, 5.41) is 0. The van der Waals surface area contributed by atoms with Crippen molar-refractivity contribution in [3.63, 3.8) is 0 Å². The zero-order valence-electron chi connectivity index (χ0n) is 12.9. The molecule has 0 heterocycles. The molecule has 0 N–H and O–H groups in total. The molecule has 0 aliphatic carbocycles. The van der Waals surface area contributed by atoms with Crippen molar-refractivity contribution in [2.24, 2.45) is 0 Å². The van der Waals surface area contributed by atoms with Crippen LogP contribution < -0.4 is 9.47 Å². The Hall–Kier alpha value is -1.74. The molecule has 0 amide bonds. The van der Waals surface area contributed by atoms with Crippen LogP contribution in [0.3, 0.4) is 0 Å². The highest BCUT2D eigenvalue weighted by Crippen LogP contribution is 2.33. The van der Waals surface area contributed by atoms with E-state index in [9.17, 15) is 0 Å². The molecule has 0 atom stereocenters. The smallest absolute Gasteiger partial charge is 0.128 e. The van der Waals surface area contributed by atoms with Gasteiger partial charge in [-0.15, -0.1) is 0 Å². The van der Waals surface area contributed by atoms with Gasteiger partial charge in [0, 0.05) is 31.3 Å². The SMILES string of the molecule is C=Cc1cc(OC(C)(C)CCOC)c(C=C)cc1OC. The van der Waals surface area contributed by atoms with E-state index in [1.807, 2.05) is 26.0 Å². The van der Waals surface area contributed by atoms with E-state index in [2.05, 4.69) is 13.2 Å². The summed E-state index contributed by atoms with van der Waals surface area (Å²) >= 11 is 0. The molecule has 1 aromatic rings. The van der Waals surface area contributed by atoms with Gasteiger partial charge in [0.15, 0.2) is 0 Å². The molecule has 0 fully saturated rings. The normalized spacial score (nSPS) is 11.0. The maximum Gasteiger partial charge on any atom is 0.128 e. The van der Waals surface area contributed by atoms with Crippen molar-refractivity contribution in [3.8, 4) is 11.5 Å². The minimum atomic E-state index is -0.319. The number of ether oxygens (including phenoxy) is 3. The van der Waals surface area contributed by atoms with Crippen LogP contribution in [0, 0.1) is 0 Å². The van der Waals surface area contributed by atoms with Crippen LogP contribution in [0.4, 0.5) is 0 Å². The first kappa shape index (κ1) is 16.3. The largest absolute Gasteiger partial charge is 0.496 e. The highest BCUT2D eigenvalue weighted by molar-refractivity contribution is 5.66. The summed E-state index contributed by atoms with van der Waals surface area (Å²) in [6.07, 6.45) is 4.31. The lowest BCUT2D eigenvalue weighted by atomic mass is 10.0. The van der Waals surface area contributed by atoms with E-state index in [0.717, 1.165) is 29.0 Å². The van der Waals surface area contributed by atoms with Gasteiger partial charge in [0.05, 0.1) is 7.11 Å². The molecule has 0 bridgehead atoms. The third-order valence-electron chi connectivity index (χ3n) is 3.10. The van der Waals surface area contributed by atoms with Gasteiger partial charge in [-0.3, -0.25) is 0 Å². The Labute approximate surface area is 121 Å². The monoisotopic (exact) mass is 276 g/mol. The lowest BCUT2D eigenvalue weighted by molar-refractivity contribution is 0.0627. The average Bonchev–Trinajstić information content (AvgIpc) is 2.44. The molecule has 0 spiro atoms. The number of methoxy groups -OCH3 is 2. The molecule has 0 saturated heterocycles. The van der Waals surface area contributed by atoms with Crippen LogP contribution in [-0.4, -0.2) is 26.4 Å². The summed E-state index contributed by atoms with van der Waals surface area (Å²) in [6, 6.07) is 3.84. The van der Waals surface area contributed by atoms with Crippen LogP contribution in [0.1, 0.15) is 31.4 Å². The zero-order valence-corrected chi connectivity index (χ0v) is 12.9. The van der Waals surface area contributed by atoms with E-state index in [0.29, 0.717) is 6.61 Å². The van der Waals surface area contributed by atoms with Crippen molar-refractivity contribution in [3.05, 3.63) is 36.4 Å². The van der Waals surface area contributed by atoms with E-state index >= 15 is 0 Å². The highest BCUT2D eigenvalue weighted by Gasteiger charge is 2.21. The van der Waals surface area contributed by atoms with Crippen LogP contribution in [0.25, 0.3) is 12.2 Å². The summed E-state index contributed by atoms with van der Waals surface area (Å²) < 4.78 is 16.6. The quantitative estimate of drug-likeness (QED) is 0.713. The second kappa shape index (κ2) is 7.15. The van der Waals surface area contributed by atoms with Gasteiger partial charge >= 0.3 is 0 Å². The average molecular weight is 276 g/mol. The Morgan fingerprint density at radius 2 is 1.60 bits per heavy atom. The van der Waals surface area contributed by atoms with Crippen LogP contribution in [0.15, 0.2) is 25.3 Å². The lowest BCUT2D eigenvalue weighted by Gasteiger charge is -2.27. The molecule has 0 aliphatic heterocycles. The van der Waals surface area contributed by atoms with Gasteiger partial charge < -0.3 is 14.2 Å². The molecular formula is C17H24O3. The third kappa shape index (κ3) is 4.14. The van der Waals surface area contributed by atoms with E-state index < -0.39 is 0 Å². The summed E-state index contributed by atoms with van der Waals surface area (Å²) in [5.74, 6) is 1.54. The maximum absolute atomic E-state index is 6.11. The number of hydrogen-bond donors (Lipinski definition) is 0. The zero-order chi connectivity index (χ0) is 15.2. The van der Waals surface area contributed by atoms with Gasteiger partial charge in [-0.1, -0.05) is 25.3 Å². The Balaban J connectivity index is 3.10. The molecule has 1 aromatic carbocycles. The predicted octanol–water partition coefficient (Wildman–Crippen LogP) is 4.18. The second-order valence-corrected chi connectivity index (χ2v) is 5.14. The van der Waals surface area contributed by atoms with Crippen molar-refractivity contribution < 1.29 is 14.2 Å². The number of benzene rings is 1. The van der Waals surface area contributed by atoms with Crippen molar-refractivity contribution in [2.45, 2.75) is 25.9 Å². The molecule has 0 unspecified atom stereocenters. The van der Waals surface area contributed by atoms with Crippen molar-refractivity contribution >= 4 is 12.2 Å². The Bertz CT molecular complexity index is 475. The molecule has 20 heavy (non-hydrogen) atoms. The second-order valence-electron chi connectivity index (χ2n) is 5.14. The molecule has 110 valence electrons. The number of hydrogen-bond acceptors (Lipinski definition) is 3. The first-order valence-electron chi connectivity index (χ1n) is 6.62. The van der Waals surface area contributed by atoms with Crippen LogP contribution in [0.5, 0.6) is 11.5 Å². The molecule has 0 saturated carbocycles. The minimum absolute atomic E-state index is 0.319. The Kier molecular flexibility index (Phi) is 5.83. The summed E-state index contributed by atoms with van der Waals surface area (Å²) in [4.78, 5) is 0. The van der Waals surface area contributed by atoms with Gasteiger partial charge in [-0.05, 0) is 26.0 Å². The summed E-state index contributed by atoms with van der Waals surface area (Å²) in [6.45, 7) is 12.4. The van der Waals surface area contributed by atoms with Gasteiger partial charge in [0.25, 0.3) is 0 Å². The summed E-state index contributed by atoms with van der Waals surface area (Å²) in [5.41, 5.74) is 1.48. The van der Waals surface area contributed by atoms with Crippen LogP contribution in [-0.2, 0) is 4.74 Å². The van der Waals surface area contributed by atoms with Crippen molar-refractivity contribution in [2.75, 3.05) is 20.8 Å². The van der Waals surface area contributed by atoms with Gasteiger partial charge in [-0.2, -0.15) is 0 Å². The fourth-order valence-electron chi connectivity index (χ4n) is 1.87. The van der Waals surface area contributed by atoms with E-state index in [1.165, 1.54) is 0 Å². The molecule has 0 radical (unpaired) electrons. The van der Waals surface area contributed by atoms with Crippen molar-refractivity contribution in [1.29, 1.82) is 0 Å². The van der Waals surface area contributed by atoms with Gasteiger partial charge in [0.2, 0.25) is 0 Å². The maximum atomic E-state index is 6.11. The van der Waals surface area contributed by atoms with Crippen LogP contribution in [0.2, 0.25) is 0 Å². The fraction of sp³-hybridized carbons (Fsp3) is 0.412. The lowest BCUT2D eigenvalue weighted by Crippen LogP contribution is -2.30. The first-order chi connectivity index (χ1) is 9.47. The summed E-state index contributed by atoms with van der Waals surface area (Å²) in [7, 11) is 3.33. The fourth-order valence-corrected chi connectivity index (χ4v) is 1.87. The predicted molar refractivity (Wildman–Crippen MR) is 84.4 cm³/mol. The van der Waals surface area contributed by atoms with E-state index in [1.54, 1.807) is 26.4 Å².